The normalized spacial score (nSPS) is 10.9. The number of nitrogens with zero attached hydrogens (tertiary/aromatic N) is 1. The lowest BCUT2D eigenvalue weighted by Crippen LogP contribution is -2.06. The van der Waals surface area contributed by atoms with Gasteiger partial charge in [0.05, 0.1) is 23.8 Å². The summed E-state index contributed by atoms with van der Waals surface area (Å²) in [6, 6.07) is 13.7. The Morgan fingerprint density at radius 3 is 2.44 bits per heavy atom. The number of esters is 1. The van der Waals surface area contributed by atoms with Crippen LogP contribution in [0.15, 0.2) is 63.8 Å². The van der Waals surface area contributed by atoms with Crippen LogP contribution in [0, 0.1) is 0 Å². The molecule has 0 aliphatic rings. The van der Waals surface area contributed by atoms with E-state index in [1.165, 1.54) is 19.4 Å². The van der Waals surface area contributed by atoms with Crippen LogP contribution in [0.25, 0.3) is 11.1 Å². The lowest BCUT2D eigenvalue weighted by atomic mass is 10.0. The Balaban J connectivity index is 0.00000261. The van der Waals surface area contributed by atoms with Crippen LogP contribution in [-0.2, 0) is 21.1 Å². The fourth-order valence-corrected chi connectivity index (χ4v) is 4.95. The minimum absolute atomic E-state index is 0. The average Bonchev–Trinajstić information content (AvgIpc) is 3.18. The molecule has 0 fully saturated rings. The number of carbonyl (C=O) groups excluding carboxylic acids is 1. The molecule has 142 valence electrons. The number of nitrogens with two attached hydrogens (primary N) is 1. The van der Waals surface area contributed by atoms with Gasteiger partial charge < -0.3 is 10.5 Å². The summed E-state index contributed by atoms with van der Waals surface area (Å²) >= 11 is 1.02. The highest BCUT2D eigenvalue weighted by Crippen LogP contribution is 2.30. The van der Waals surface area contributed by atoms with Crippen molar-refractivity contribution in [2.45, 2.75) is 15.6 Å². The molecule has 6 nitrogen and oxygen atoms in total. The quantitative estimate of drug-likeness (QED) is 0.631. The number of methoxy groups -OCH3 is 1. The third-order valence-electron chi connectivity index (χ3n) is 3.72. The zero-order valence-electron chi connectivity index (χ0n) is 14.3. The Kier molecular flexibility index (Phi) is 6.72. The van der Waals surface area contributed by atoms with E-state index in [0.29, 0.717) is 10.6 Å². The number of benzene rings is 2. The van der Waals surface area contributed by atoms with E-state index in [1.807, 2.05) is 30.3 Å². The van der Waals surface area contributed by atoms with Crippen molar-refractivity contribution in [1.82, 2.24) is 4.98 Å². The molecule has 0 aliphatic heterocycles. The highest BCUT2D eigenvalue weighted by Gasteiger charge is 2.23. The van der Waals surface area contributed by atoms with Crippen LogP contribution in [0.5, 0.6) is 0 Å². The third kappa shape index (κ3) is 4.36. The van der Waals surface area contributed by atoms with Gasteiger partial charge in [-0.05, 0) is 29.3 Å². The molecule has 0 saturated heterocycles. The zero-order chi connectivity index (χ0) is 18.7. The summed E-state index contributed by atoms with van der Waals surface area (Å²) in [5, 5.41) is 0.524. The number of sulfone groups is 1. The van der Waals surface area contributed by atoms with Crippen LogP contribution < -0.4 is 5.73 Å². The number of aromatic nitrogens is 1. The van der Waals surface area contributed by atoms with E-state index in [2.05, 4.69) is 4.98 Å². The number of halogens is 1. The molecule has 0 radical (unpaired) electrons. The van der Waals surface area contributed by atoms with Crippen LogP contribution in [-0.4, -0.2) is 26.5 Å². The predicted molar refractivity (Wildman–Crippen MR) is 106 cm³/mol. The fraction of sp³-hybridized carbons (Fsp3) is 0.111. The van der Waals surface area contributed by atoms with Crippen molar-refractivity contribution < 1.29 is 17.9 Å². The monoisotopic (exact) mass is 424 g/mol. The molecule has 1 aromatic heterocycles. The van der Waals surface area contributed by atoms with Crippen molar-refractivity contribution in [1.29, 1.82) is 0 Å². The van der Waals surface area contributed by atoms with Gasteiger partial charge in [0.15, 0.2) is 0 Å². The lowest BCUT2D eigenvalue weighted by molar-refractivity contribution is 0.0600. The summed E-state index contributed by atoms with van der Waals surface area (Å²) in [5.41, 5.74) is 7.08. The Morgan fingerprint density at radius 2 is 1.85 bits per heavy atom. The van der Waals surface area contributed by atoms with Gasteiger partial charge in [0.25, 0.3) is 0 Å². The molecule has 0 spiro atoms. The number of carbonyl (C=O) groups is 1. The molecule has 0 amide bonds. The SMILES string of the molecule is COC(=O)c1cc(-c2ccccc2)cc(S(=O)(=O)c2cnc(CN)s2)c1.Cl. The van der Waals surface area contributed by atoms with Crippen LogP contribution in [0.1, 0.15) is 15.4 Å². The molecule has 0 bridgehead atoms. The second-order valence-electron chi connectivity index (χ2n) is 5.38. The molecule has 2 N–H and O–H groups in total. The summed E-state index contributed by atoms with van der Waals surface area (Å²) in [7, 11) is -2.58. The fourth-order valence-electron chi connectivity index (χ4n) is 2.42. The number of hydrogen-bond donors (Lipinski definition) is 1. The molecular weight excluding hydrogens is 408 g/mol. The van der Waals surface area contributed by atoms with Crippen molar-refractivity contribution in [2.75, 3.05) is 7.11 Å². The third-order valence-corrected chi connectivity index (χ3v) is 6.93. The van der Waals surface area contributed by atoms with Gasteiger partial charge in [-0.1, -0.05) is 30.3 Å². The Morgan fingerprint density at radius 1 is 1.15 bits per heavy atom. The number of ether oxygens (including phenoxy) is 1. The van der Waals surface area contributed by atoms with Crippen LogP contribution in [0.2, 0.25) is 0 Å². The van der Waals surface area contributed by atoms with Gasteiger partial charge >= 0.3 is 5.97 Å². The maximum absolute atomic E-state index is 13.0. The second kappa shape index (κ2) is 8.62. The summed E-state index contributed by atoms with van der Waals surface area (Å²) in [6.07, 6.45) is 1.29. The van der Waals surface area contributed by atoms with E-state index < -0.39 is 15.8 Å². The summed E-state index contributed by atoms with van der Waals surface area (Å²) in [5.74, 6) is -0.605. The van der Waals surface area contributed by atoms with Crippen LogP contribution >= 0.6 is 23.7 Å². The van der Waals surface area contributed by atoms with Gasteiger partial charge in [-0.2, -0.15) is 0 Å². The van der Waals surface area contributed by atoms with E-state index in [4.69, 9.17) is 10.5 Å². The summed E-state index contributed by atoms with van der Waals surface area (Å²) in [6.45, 7) is 0.164. The van der Waals surface area contributed by atoms with Crippen molar-refractivity contribution in [3.05, 3.63) is 65.3 Å². The lowest BCUT2D eigenvalue weighted by Gasteiger charge is -2.09. The largest absolute Gasteiger partial charge is 0.465 e. The van der Waals surface area contributed by atoms with Crippen LogP contribution in [0.3, 0.4) is 0 Å². The van der Waals surface area contributed by atoms with Gasteiger partial charge in [0.1, 0.15) is 9.22 Å². The van der Waals surface area contributed by atoms with Crippen LogP contribution in [0.4, 0.5) is 0 Å². The predicted octanol–water partition coefficient (Wildman–Crippen LogP) is 3.31. The topological polar surface area (TPSA) is 99.4 Å². The van der Waals surface area contributed by atoms with E-state index in [0.717, 1.165) is 16.9 Å². The minimum Gasteiger partial charge on any atom is -0.465 e. The van der Waals surface area contributed by atoms with E-state index in [9.17, 15) is 13.2 Å². The molecule has 3 aromatic rings. The van der Waals surface area contributed by atoms with Crippen molar-refractivity contribution in [3.8, 4) is 11.1 Å². The summed E-state index contributed by atoms with van der Waals surface area (Å²) in [4.78, 5) is 16.0. The highest BCUT2D eigenvalue weighted by atomic mass is 35.5. The van der Waals surface area contributed by atoms with Crippen molar-refractivity contribution in [2.24, 2.45) is 5.73 Å². The van der Waals surface area contributed by atoms with E-state index in [1.54, 1.807) is 12.1 Å². The smallest absolute Gasteiger partial charge is 0.337 e. The van der Waals surface area contributed by atoms with Gasteiger partial charge in [-0.3, -0.25) is 0 Å². The van der Waals surface area contributed by atoms with E-state index in [-0.39, 0.29) is 33.6 Å². The molecule has 0 saturated carbocycles. The molecule has 27 heavy (non-hydrogen) atoms. The molecular formula is C18H17ClN2O4S2. The number of thiazole rings is 1. The van der Waals surface area contributed by atoms with Crippen molar-refractivity contribution >= 4 is 39.6 Å². The first kappa shape index (κ1) is 21.0. The first-order chi connectivity index (χ1) is 12.5. The molecule has 2 aromatic carbocycles. The molecule has 0 unspecified atom stereocenters. The number of rotatable bonds is 5. The first-order valence-electron chi connectivity index (χ1n) is 7.64. The Hall–Kier alpha value is -2.26. The maximum atomic E-state index is 13.0. The van der Waals surface area contributed by atoms with Gasteiger partial charge in [0.2, 0.25) is 9.84 Å². The van der Waals surface area contributed by atoms with Gasteiger partial charge in [-0.25, -0.2) is 18.2 Å². The summed E-state index contributed by atoms with van der Waals surface area (Å²) < 4.78 is 30.8. The number of hydrogen-bond acceptors (Lipinski definition) is 7. The van der Waals surface area contributed by atoms with Gasteiger partial charge in [-0.15, -0.1) is 23.7 Å². The van der Waals surface area contributed by atoms with E-state index >= 15 is 0 Å². The molecule has 0 aliphatic carbocycles. The molecule has 0 atom stereocenters. The maximum Gasteiger partial charge on any atom is 0.337 e. The molecule has 9 heteroatoms. The molecule has 1 heterocycles. The minimum atomic E-state index is -3.83. The Labute approximate surface area is 167 Å². The highest BCUT2D eigenvalue weighted by molar-refractivity contribution is 7.93. The standard InChI is InChI=1S/C18H16N2O4S2.ClH/c1-24-18(21)14-7-13(12-5-3-2-4-6-12)8-15(9-14)26(22,23)17-11-20-16(10-19)25-17;/h2-9,11H,10,19H2,1H3;1H. The van der Waals surface area contributed by atoms with Gasteiger partial charge in [0, 0.05) is 6.54 Å². The average molecular weight is 425 g/mol. The first-order valence-corrected chi connectivity index (χ1v) is 9.94. The van der Waals surface area contributed by atoms with Crippen molar-refractivity contribution in [3.63, 3.8) is 0 Å². The Bertz CT molecular complexity index is 1050. The zero-order valence-corrected chi connectivity index (χ0v) is 16.7. The molecule has 3 rings (SSSR count). The second-order valence-corrected chi connectivity index (χ2v) is 8.68.